The van der Waals surface area contributed by atoms with Gasteiger partial charge in [0.1, 0.15) is 17.3 Å². The van der Waals surface area contributed by atoms with E-state index in [0.29, 0.717) is 30.9 Å². The van der Waals surface area contributed by atoms with Crippen molar-refractivity contribution in [1.82, 2.24) is 30.2 Å². The summed E-state index contributed by atoms with van der Waals surface area (Å²) < 4.78 is 38.8. The van der Waals surface area contributed by atoms with E-state index in [-0.39, 0.29) is 31.2 Å². The quantitative estimate of drug-likeness (QED) is 0.572. The molecule has 206 valence electrons. The van der Waals surface area contributed by atoms with Gasteiger partial charge in [-0.25, -0.2) is 13.6 Å². The van der Waals surface area contributed by atoms with E-state index in [1.165, 1.54) is 0 Å². The Morgan fingerprint density at radius 1 is 1.32 bits per heavy atom. The molecule has 2 aliphatic rings. The molecule has 1 N–H and O–H groups in total. The van der Waals surface area contributed by atoms with E-state index in [0.717, 1.165) is 4.90 Å². The Kier molecular flexibility index (Phi) is 7.93. The third-order valence-corrected chi connectivity index (χ3v) is 6.26. The van der Waals surface area contributed by atoms with Crippen molar-refractivity contribution in [2.45, 2.75) is 76.5 Å². The van der Waals surface area contributed by atoms with E-state index in [1.54, 1.807) is 50.1 Å². The van der Waals surface area contributed by atoms with Crippen molar-refractivity contribution in [2.24, 2.45) is 0 Å². The third-order valence-electron chi connectivity index (χ3n) is 6.26. The molecule has 4 heterocycles. The number of aromatic nitrogens is 3. The van der Waals surface area contributed by atoms with Gasteiger partial charge in [0.2, 0.25) is 23.5 Å². The van der Waals surface area contributed by atoms with Crippen molar-refractivity contribution in [1.29, 1.82) is 0 Å². The van der Waals surface area contributed by atoms with Crippen LogP contribution in [0.1, 0.15) is 64.8 Å². The van der Waals surface area contributed by atoms with Gasteiger partial charge >= 0.3 is 6.09 Å². The lowest BCUT2D eigenvalue weighted by atomic mass is 10.0. The van der Waals surface area contributed by atoms with E-state index in [1.807, 2.05) is 0 Å². The van der Waals surface area contributed by atoms with Crippen molar-refractivity contribution >= 4 is 17.9 Å². The largest absolute Gasteiger partial charge is 0.444 e. The molecule has 3 amide bonds. The van der Waals surface area contributed by atoms with Gasteiger partial charge in [0.05, 0.1) is 12.6 Å². The number of carbonyl (C=O) groups excluding carboxylic acids is 3. The molecule has 0 aromatic carbocycles. The summed E-state index contributed by atoms with van der Waals surface area (Å²) in [6.45, 7) is 4.45. The summed E-state index contributed by atoms with van der Waals surface area (Å²) in [6.07, 6.45) is 1.04. The Morgan fingerprint density at radius 3 is 2.82 bits per heavy atom. The van der Waals surface area contributed by atoms with E-state index in [2.05, 4.69) is 20.4 Å². The van der Waals surface area contributed by atoms with Crippen LogP contribution in [0.2, 0.25) is 0 Å². The summed E-state index contributed by atoms with van der Waals surface area (Å²) in [4.78, 5) is 49.5. The Balaban J connectivity index is 1.48. The lowest BCUT2D eigenvalue weighted by Gasteiger charge is -2.35. The zero-order chi connectivity index (χ0) is 27.5. The Bertz CT molecular complexity index is 1150. The highest BCUT2D eigenvalue weighted by molar-refractivity contribution is 5.80. The van der Waals surface area contributed by atoms with Crippen molar-refractivity contribution < 1.29 is 32.4 Å². The molecule has 11 nitrogen and oxygen atoms in total. The topological polar surface area (TPSA) is 131 Å². The predicted octanol–water partition coefficient (Wildman–Crippen LogP) is 3.34. The van der Waals surface area contributed by atoms with Gasteiger partial charge in [-0.3, -0.25) is 14.6 Å². The number of hydrogen-bond donors (Lipinski definition) is 1. The van der Waals surface area contributed by atoms with Gasteiger partial charge in [-0.15, -0.1) is 0 Å². The van der Waals surface area contributed by atoms with E-state index in [9.17, 15) is 23.2 Å². The molecule has 0 spiro atoms. The van der Waals surface area contributed by atoms with Gasteiger partial charge < -0.3 is 24.4 Å². The summed E-state index contributed by atoms with van der Waals surface area (Å²) in [5, 5.41) is 6.58. The van der Waals surface area contributed by atoms with Gasteiger partial charge in [-0.05, 0) is 45.7 Å². The molecular weight excluding hydrogens is 502 g/mol. The maximum Gasteiger partial charge on any atom is 0.407 e. The summed E-state index contributed by atoms with van der Waals surface area (Å²) >= 11 is 0. The fraction of sp³-hybridized carbons (Fsp3) is 0.600. The molecule has 2 saturated heterocycles. The van der Waals surface area contributed by atoms with Gasteiger partial charge in [0.25, 0.3) is 5.92 Å². The van der Waals surface area contributed by atoms with Crippen LogP contribution in [-0.2, 0) is 14.3 Å². The number of carbonyl (C=O) groups is 3. The fourth-order valence-electron chi connectivity index (χ4n) is 4.58. The number of rotatable bonds is 7. The average Bonchev–Trinajstić information content (AvgIpc) is 3.50. The van der Waals surface area contributed by atoms with Crippen LogP contribution in [0.5, 0.6) is 0 Å². The first-order valence-corrected chi connectivity index (χ1v) is 12.6. The normalized spacial score (nSPS) is 20.3. The van der Waals surface area contributed by atoms with Crippen LogP contribution in [0.3, 0.4) is 0 Å². The van der Waals surface area contributed by atoms with Gasteiger partial charge in [0.15, 0.2) is 0 Å². The van der Waals surface area contributed by atoms with Gasteiger partial charge in [0, 0.05) is 38.5 Å². The Morgan fingerprint density at radius 2 is 2.11 bits per heavy atom. The molecular formula is C25H32F2N6O5. The summed E-state index contributed by atoms with van der Waals surface area (Å²) in [7, 11) is 0. The maximum atomic E-state index is 14.0. The number of nitrogens with one attached hydrogen (secondary N) is 1. The third kappa shape index (κ3) is 7.01. The monoisotopic (exact) mass is 534 g/mol. The lowest BCUT2D eigenvalue weighted by Crippen LogP contribution is -2.53. The summed E-state index contributed by atoms with van der Waals surface area (Å²) in [5.41, 5.74) is -0.279. The molecule has 2 aliphatic heterocycles. The number of halogens is 2. The Hall–Kier alpha value is -3.64. The number of amides is 3. The molecule has 2 fully saturated rings. The first-order valence-electron chi connectivity index (χ1n) is 12.6. The molecule has 2 atom stereocenters. The van der Waals surface area contributed by atoms with Crippen LogP contribution < -0.4 is 5.32 Å². The number of alkyl carbamates (subject to hydrolysis) is 1. The van der Waals surface area contributed by atoms with Crippen LogP contribution in [0.4, 0.5) is 13.6 Å². The molecule has 2 aromatic heterocycles. The minimum absolute atomic E-state index is 0.230. The van der Waals surface area contributed by atoms with E-state index in [4.69, 9.17) is 9.26 Å². The molecule has 0 radical (unpaired) electrons. The van der Waals surface area contributed by atoms with Crippen molar-refractivity contribution in [3.8, 4) is 11.5 Å². The molecule has 0 saturated carbocycles. The van der Waals surface area contributed by atoms with E-state index >= 15 is 0 Å². The molecule has 38 heavy (non-hydrogen) atoms. The zero-order valence-corrected chi connectivity index (χ0v) is 21.7. The van der Waals surface area contributed by atoms with Gasteiger partial charge in [-0.1, -0.05) is 11.2 Å². The summed E-state index contributed by atoms with van der Waals surface area (Å²) in [5.74, 6) is -3.26. The van der Waals surface area contributed by atoms with Crippen molar-refractivity contribution in [2.75, 3.05) is 19.6 Å². The highest BCUT2D eigenvalue weighted by Gasteiger charge is 2.41. The average molecular weight is 535 g/mol. The molecule has 2 aromatic rings. The fourth-order valence-corrected chi connectivity index (χ4v) is 4.58. The number of nitrogens with zero attached hydrogens (tertiary/aromatic N) is 5. The molecule has 4 rings (SSSR count). The van der Waals surface area contributed by atoms with Crippen LogP contribution in [-0.4, -0.2) is 80.0 Å². The highest BCUT2D eigenvalue weighted by Crippen LogP contribution is 2.33. The van der Waals surface area contributed by atoms with Gasteiger partial charge in [-0.2, -0.15) is 4.98 Å². The standard InChI is InChI=1S/C25H32F2N6O5/c1-24(2,3)37-23(36)29-16(14-32-15-25(26,27)10-9-19(32)34)13-20(35)33-12-6-8-18(33)22-30-21(31-38-22)17-7-4-5-11-28-17/h4-5,7,11,16,18H,6,8-10,12-15H2,1-3H3,(H,29,36)/t16-,18-/m0/s1. The zero-order valence-electron chi connectivity index (χ0n) is 21.7. The Labute approximate surface area is 218 Å². The first-order chi connectivity index (χ1) is 17.9. The minimum Gasteiger partial charge on any atom is -0.444 e. The van der Waals surface area contributed by atoms with Crippen LogP contribution >= 0.6 is 0 Å². The second-order valence-electron chi connectivity index (χ2n) is 10.6. The number of likely N-dealkylation sites (tertiary alicyclic amines) is 2. The smallest absolute Gasteiger partial charge is 0.407 e. The molecule has 0 unspecified atom stereocenters. The number of alkyl halides is 2. The molecule has 0 aliphatic carbocycles. The minimum atomic E-state index is -3.03. The second kappa shape index (κ2) is 11.0. The van der Waals surface area contributed by atoms with Crippen molar-refractivity contribution in [3.63, 3.8) is 0 Å². The number of piperidine rings is 1. The lowest BCUT2D eigenvalue weighted by molar-refractivity contribution is -0.148. The molecule has 13 heteroatoms. The van der Waals surface area contributed by atoms with Crippen molar-refractivity contribution in [3.05, 3.63) is 30.3 Å². The number of pyridine rings is 1. The predicted molar refractivity (Wildman–Crippen MR) is 130 cm³/mol. The second-order valence-corrected chi connectivity index (χ2v) is 10.6. The maximum absolute atomic E-state index is 14.0. The summed E-state index contributed by atoms with van der Waals surface area (Å²) in [6, 6.07) is 3.89. The number of ether oxygens (including phenoxy) is 1. The first kappa shape index (κ1) is 27.4. The SMILES string of the molecule is CC(C)(C)OC(=O)N[C@@H](CC(=O)N1CCC[C@H]1c1nc(-c2ccccn2)no1)CN1CC(F)(F)CCC1=O. The van der Waals surface area contributed by atoms with E-state index < -0.39 is 48.6 Å². The van der Waals surface area contributed by atoms with Crippen LogP contribution in [0, 0.1) is 0 Å². The van der Waals surface area contributed by atoms with Crippen LogP contribution in [0.15, 0.2) is 28.9 Å². The number of hydrogen-bond acceptors (Lipinski definition) is 8. The van der Waals surface area contributed by atoms with Crippen LogP contribution in [0.25, 0.3) is 11.5 Å². The highest BCUT2D eigenvalue weighted by atomic mass is 19.3. The molecule has 0 bridgehead atoms.